The zero-order valence-electron chi connectivity index (χ0n) is 9.14. The summed E-state index contributed by atoms with van der Waals surface area (Å²) in [7, 11) is 2.28. The molecule has 0 aromatic rings. The summed E-state index contributed by atoms with van der Waals surface area (Å²) in [6.45, 7) is 5.82. The van der Waals surface area contributed by atoms with Crippen molar-refractivity contribution in [2.45, 2.75) is 57.2 Å². The van der Waals surface area contributed by atoms with Crippen LogP contribution in [0.1, 0.15) is 39.5 Å². The predicted octanol–water partition coefficient (Wildman–Crippen LogP) is 1.61. The van der Waals surface area contributed by atoms with Crippen molar-refractivity contribution in [3.05, 3.63) is 0 Å². The summed E-state index contributed by atoms with van der Waals surface area (Å²) in [4.78, 5) is 2.56. The van der Waals surface area contributed by atoms with Crippen molar-refractivity contribution >= 4 is 0 Å². The van der Waals surface area contributed by atoms with E-state index in [4.69, 9.17) is 0 Å². The summed E-state index contributed by atoms with van der Waals surface area (Å²) in [6, 6.07) is 1.56. The Kier molecular flexibility index (Phi) is 2.37. The van der Waals surface area contributed by atoms with Crippen molar-refractivity contribution in [3.63, 3.8) is 0 Å². The van der Waals surface area contributed by atoms with Crippen molar-refractivity contribution in [3.8, 4) is 0 Å². The van der Waals surface area contributed by atoms with E-state index in [-0.39, 0.29) is 0 Å². The van der Waals surface area contributed by atoms with Gasteiger partial charge in [-0.25, -0.2) is 0 Å². The SMILES string of the molecule is CN1CC(C)(C)NC2CCCCC21. The summed E-state index contributed by atoms with van der Waals surface area (Å²) in [5.74, 6) is 0. The monoisotopic (exact) mass is 182 g/mol. The Hall–Kier alpha value is -0.0800. The summed E-state index contributed by atoms with van der Waals surface area (Å²) in [5.41, 5.74) is 0.313. The third kappa shape index (κ3) is 1.89. The van der Waals surface area contributed by atoms with Gasteiger partial charge in [0.05, 0.1) is 0 Å². The molecule has 0 spiro atoms. The molecule has 0 amide bonds. The van der Waals surface area contributed by atoms with Crippen molar-refractivity contribution in [2.24, 2.45) is 0 Å². The zero-order chi connectivity index (χ0) is 9.47. The molecule has 13 heavy (non-hydrogen) atoms. The Bertz CT molecular complexity index is 189. The van der Waals surface area contributed by atoms with Crippen LogP contribution >= 0.6 is 0 Å². The molecular formula is C11H22N2. The van der Waals surface area contributed by atoms with Crippen LogP contribution < -0.4 is 5.32 Å². The fraction of sp³-hybridized carbons (Fsp3) is 1.00. The molecule has 2 atom stereocenters. The van der Waals surface area contributed by atoms with Gasteiger partial charge in [-0.15, -0.1) is 0 Å². The number of nitrogens with one attached hydrogen (secondary N) is 1. The summed E-state index contributed by atoms with van der Waals surface area (Å²) < 4.78 is 0. The zero-order valence-corrected chi connectivity index (χ0v) is 9.14. The van der Waals surface area contributed by atoms with Crippen LogP contribution in [0.5, 0.6) is 0 Å². The molecule has 0 aromatic carbocycles. The number of rotatable bonds is 0. The van der Waals surface area contributed by atoms with Gasteiger partial charge in [-0.3, -0.25) is 0 Å². The van der Waals surface area contributed by atoms with E-state index < -0.39 is 0 Å². The normalized spacial score (nSPS) is 39.9. The van der Waals surface area contributed by atoms with Gasteiger partial charge < -0.3 is 10.2 Å². The van der Waals surface area contributed by atoms with Gasteiger partial charge in [0.25, 0.3) is 0 Å². The van der Waals surface area contributed by atoms with Gasteiger partial charge >= 0.3 is 0 Å². The minimum atomic E-state index is 0.313. The molecule has 1 heterocycles. The van der Waals surface area contributed by atoms with Crippen LogP contribution in [0, 0.1) is 0 Å². The van der Waals surface area contributed by atoms with Crippen LogP contribution in [-0.2, 0) is 0 Å². The van der Waals surface area contributed by atoms with E-state index in [0.717, 1.165) is 12.1 Å². The molecule has 2 aliphatic rings. The molecule has 0 bridgehead atoms. The number of nitrogens with zero attached hydrogens (tertiary/aromatic N) is 1. The topological polar surface area (TPSA) is 15.3 Å². The third-order valence-electron chi connectivity index (χ3n) is 3.52. The lowest BCUT2D eigenvalue weighted by molar-refractivity contribution is 0.0538. The molecule has 1 N–H and O–H groups in total. The van der Waals surface area contributed by atoms with Crippen LogP contribution in [0.2, 0.25) is 0 Å². The Labute approximate surface area is 81.7 Å². The highest BCUT2D eigenvalue weighted by Crippen LogP contribution is 2.28. The maximum Gasteiger partial charge on any atom is 0.0255 e. The van der Waals surface area contributed by atoms with E-state index in [2.05, 4.69) is 31.1 Å². The van der Waals surface area contributed by atoms with E-state index in [0.29, 0.717) is 5.54 Å². The second-order valence-electron chi connectivity index (χ2n) is 5.40. The number of hydrogen-bond donors (Lipinski definition) is 1. The Morgan fingerprint density at radius 3 is 2.69 bits per heavy atom. The Balaban J connectivity index is 2.07. The third-order valence-corrected chi connectivity index (χ3v) is 3.52. The van der Waals surface area contributed by atoms with Gasteiger partial charge in [0, 0.05) is 24.2 Å². The highest BCUT2D eigenvalue weighted by molar-refractivity contribution is 4.98. The van der Waals surface area contributed by atoms with Crippen molar-refractivity contribution in [1.82, 2.24) is 10.2 Å². The molecule has 2 heteroatoms. The van der Waals surface area contributed by atoms with E-state index in [9.17, 15) is 0 Å². The molecule has 76 valence electrons. The van der Waals surface area contributed by atoms with Gasteiger partial charge in [0.2, 0.25) is 0 Å². The molecular weight excluding hydrogens is 160 g/mol. The van der Waals surface area contributed by atoms with Crippen LogP contribution in [0.25, 0.3) is 0 Å². The minimum absolute atomic E-state index is 0.313. The lowest BCUT2D eigenvalue weighted by Gasteiger charge is -2.50. The molecule has 0 radical (unpaired) electrons. The maximum atomic E-state index is 3.78. The van der Waals surface area contributed by atoms with Gasteiger partial charge in [-0.2, -0.15) is 0 Å². The number of likely N-dealkylation sites (N-methyl/N-ethyl adjacent to an activating group) is 1. The van der Waals surface area contributed by atoms with Crippen molar-refractivity contribution < 1.29 is 0 Å². The second-order valence-corrected chi connectivity index (χ2v) is 5.40. The van der Waals surface area contributed by atoms with Gasteiger partial charge in [0.1, 0.15) is 0 Å². The molecule has 1 aliphatic carbocycles. The first kappa shape index (κ1) is 9.47. The molecule has 1 saturated carbocycles. The molecule has 2 fully saturated rings. The van der Waals surface area contributed by atoms with Crippen LogP contribution in [-0.4, -0.2) is 36.1 Å². The summed E-state index contributed by atoms with van der Waals surface area (Å²) >= 11 is 0. The maximum absolute atomic E-state index is 3.78. The minimum Gasteiger partial charge on any atom is -0.306 e. The number of piperazine rings is 1. The molecule has 1 saturated heterocycles. The predicted molar refractivity (Wildman–Crippen MR) is 55.9 cm³/mol. The molecule has 2 rings (SSSR count). The average Bonchev–Trinajstić information content (AvgIpc) is 2.02. The summed E-state index contributed by atoms with van der Waals surface area (Å²) in [5, 5.41) is 3.78. The first-order chi connectivity index (χ1) is 6.08. The first-order valence-corrected chi connectivity index (χ1v) is 5.56. The Morgan fingerprint density at radius 2 is 1.92 bits per heavy atom. The standard InChI is InChI=1S/C11H22N2/c1-11(2)8-13(3)10-7-5-4-6-9(10)12-11/h9-10,12H,4-8H2,1-3H3. The lowest BCUT2D eigenvalue weighted by Crippen LogP contribution is -2.66. The highest BCUT2D eigenvalue weighted by Gasteiger charge is 2.38. The number of fused-ring (bicyclic) bond motifs is 1. The van der Waals surface area contributed by atoms with Gasteiger partial charge in [0.15, 0.2) is 0 Å². The quantitative estimate of drug-likeness (QED) is 0.612. The molecule has 2 nitrogen and oxygen atoms in total. The largest absolute Gasteiger partial charge is 0.306 e. The average molecular weight is 182 g/mol. The van der Waals surface area contributed by atoms with Gasteiger partial charge in [-0.1, -0.05) is 12.8 Å². The molecule has 1 aliphatic heterocycles. The van der Waals surface area contributed by atoms with Crippen molar-refractivity contribution in [1.29, 1.82) is 0 Å². The van der Waals surface area contributed by atoms with E-state index >= 15 is 0 Å². The number of hydrogen-bond acceptors (Lipinski definition) is 2. The van der Waals surface area contributed by atoms with Crippen molar-refractivity contribution in [2.75, 3.05) is 13.6 Å². The smallest absolute Gasteiger partial charge is 0.0255 e. The van der Waals surface area contributed by atoms with E-state index in [1.54, 1.807) is 0 Å². The van der Waals surface area contributed by atoms with E-state index in [1.165, 1.54) is 32.2 Å². The van der Waals surface area contributed by atoms with Crippen LogP contribution in [0.4, 0.5) is 0 Å². The first-order valence-electron chi connectivity index (χ1n) is 5.56. The second kappa shape index (κ2) is 3.25. The fourth-order valence-corrected chi connectivity index (χ4v) is 3.10. The van der Waals surface area contributed by atoms with Gasteiger partial charge in [-0.05, 0) is 33.7 Å². The Morgan fingerprint density at radius 1 is 1.23 bits per heavy atom. The van der Waals surface area contributed by atoms with E-state index in [1.807, 2.05) is 0 Å². The molecule has 2 unspecified atom stereocenters. The van der Waals surface area contributed by atoms with Crippen LogP contribution in [0.3, 0.4) is 0 Å². The summed E-state index contributed by atoms with van der Waals surface area (Å²) in [6.07, 6.45) is 5.61. The van der Waals surface area contributed by atoms with Crippen LogP contribution in [0.15, 0.2) is 0 Å². The molecule has 0 aromatic heterocycles. The fourth-order valence-electron chi connectivity index (χ4n) is 3.10. The highest BCUT2D eigenvalue weighted by atomic mass is 15.2. The lowest BCUT2D eigenvalue weighted by atomic mass is 9.84.